The van der Waals surface area contributed by atoms with Gasteiger partial charge in [0, 0.05) is 16.7 Å². The number of rotatable bonds is 0. The minimum Gasteiger partial charge on any atom is -0.383 e. The summed E-state index contributed by atoms with van der Waals surface area (Å²) in [7, 11) is 0. The van der Waals surface area contributed by atoms with Crippen molar-refractivity contribution in [2.75, 3.05) is 11.9 Å². The van der Waals surface area contributed by atoms with E-state index in [4.69, 9.17) is 5.26 Å². The zero-order valence-corrected chi connectivity index (χ0v) is 8.63. The van der Waals surface area contributed by atoms with E-state index in [2.05, 4.69) is 33.4 Å². The molecular formula is C10H9BrN2. The van der Waals surface area contributed by atoms with Crippen LogP contribution >= 0.6 is 15.9 Å². The van der Waals surface area contributed by atoms with E-state index in [0.717, 1.165) is 23.1 Å². The Balaban J connectivity index is 2.34. The summed E-state index contributed by atoms with van der Waals surface area (Å²) in [5.41, 5.74) is 2.39. The molecule has 1 aliphatic rings. The molecule has 2 rings (SSSR count). The van der Waals surface area contributed by atoms with Gasteiger partial charge in [-0.1, -0.05) is 15.9 Å². The largest absolute Gasteiger partial charge is 0.383 e. The van der Waals surface area contributed by atoms with Crippen LogP contribution in [-0.4, -0.2) is 6.54 Å². The van der Waals surface area contributed by atoms with Gasteiger partial charge in [0.05, 0.1) is 12.0 Å². The molecule has 0 fully saturated rings. The highest BCUT2D eigenvalue weighted by Crippen LogP contribution is 2.27. The van der Waals surface area contributed by atoms with Crippen LogP contribution in [0.4, 0.5) is 5.69 Å². The summed E-state index contributed by atoms with van der Waals surface area (Å²) < 4.78 is 1.08. The number of benzene rings is 1. The lowest BCUT2D eigenvalue weighted by Gasteiger charge is -2.21. The predicted molar refractivity (Wildman–Crippen MR) is 55.4 cm³/mol. The molecule has 0 aromatic heterocycles. The summed E-state index contributed by atoms with van der Waals surface area (Å²) in [6, 6.07) is 8.42. The first kappa shape index (κ1) is 8.58. The molecule has 1 unspecified atom stereocenters. The van der Waals surface area contributed by atoms with Crippen molar-refractivity contribution in [1.29, 1.82) is 5.26 Å². The second-order valence-corrected chi connectivity index (χ2v) is 4.13. The minimum atomic E-state index is 0.113. The Morgan fingerprint density at radius 2 is 2.38 bits per heavy atom. The maximum Gasteiger partial charge on any atom is 0.0677 e. The lowest BCUT2D eigenvalue weighted by Crippen LogP contribution is -2.21. The van der Waals surface area contributed by atoms with E-state index in [9.17, 15) is 0 Å². The number of nitriles is 1. The number of nitrogens with one attached hydrogen (secondary N) is 1. The molecule has 66 valence electrons. The first-order valence-corrected chi connectivity index (χ1v) is 5.01. The third-order valence-corrected chi connectivity index (χ3v) is 2.75. The van der Waals surface area contributed by atoms with Crippen LogP contribution in [0.3, 0.4) is 0 Å². The third kappa shape index (κ3) is 1.68. The van der Waals surface area contributed by atoms with Crippen molar-refractivity contribution in [3.8, 4) is 6.07 Å². The maximum absolute atomic E-state index is 8.78. The Labute approximate surface area is 85.7 Å². The molecule has 0 saturated heterocycles. The molecule has 0 radical (unpaired) electrons. The zero-order chi connectivity index (χ0) is 9.26. The fourth-order valence-corrected chi connectivity index (χ4v) is 1.97. The first-order chi connectivity index (χ1) is 6.29. The molecule has 0 bridgehead atoms. The summed E-state index contributed by atoms with van der Waals surface area (Å²) in [5, 5.41) is 12.0. The van der Waals surface area contributed by atoms with Crippen molar-refractivity contribution in [1.82, 2.24) is 0 Å². The van der Waals surface area contributed by atoms with Crippen LogP contribution in [0, 0.1) is 17.2 Å². The SMILES string of the molecule is N#CC1CNc2ccc(Br)cc2C1. The van der Waals surface area contributed by atoms with Gasteiger partial charge in [-0.3, -0.25) is 0 Å². The van der Waals surface area contributed by atoms with Crippen LogP contribution in [-0.2, 0) is 6.42 Å². The molecule has 13 heavy (non-hydrogen) atoms. The van der Waals surface area contributed by atoms with E-state index in [-0.39, 0.29) is 5.92 Å². The second-order valence-electron chi connectivity index (χ2n) is 3.21. The first-order valence-electron chi connectivity index (χ1n) is 4.21. The molecule has 1 heterocycles. The molecule has 2 nitrogen and oxygen atoms in total. The van der Waals surface area contributed by atoms with Crippen LogP contribution in [0.1, 0.15) is 5.56 Å². The molecule has 1 aromatic rings. The molecule has 1 aromatic carbocycles. The van der Waals surface area contributed by atoms with Gasteiger partial charge in [0.2, 0.25) is 0 Å². The molecule has 1 atom stereocenters. The van der Waals surface area contributed by atoms with Gasteiger partial charge in [-0.15, -0.1) is 0 Å². The number of hydrogen-bond donors (Lipinski definition) is 1. The van der Waals surface area contributed by atoms with Crippen molar-refractivity contribution >= 4 is 21.6 Å². The maximum atomic E-state index is 8.78. The van der Waals surface area contributed by atoms with Gasteiger partial charge in [0.15, 0.2) is 0 Å². The van der Waals surface area contributed by atoms with E-state index in [0.29, 0.717) is 0 Å². The van der Waals surface area contributed by atoms with Gasteiger partial charge in [-0.05, 0) is 30.2 Å². The van der Waals surface area contributed by atoms with Gasteiger partial charge < -0.3 is 5.32 Å². The van der Waals surface area contributed by atoms with Gasteiger partial charge in [-0.25, -0.2) is 0 Å². The van der Waals surface area contributed by atoms with E-state index < -0.39 is 0 Å². The molecular weight excluding hydrogens is 228 g/mol. The molecule has 0 saturated carbocycles. The Bertz CT molecular complexity index is 368. The Morgan fingerprint density at radius 1 is 1.54 bits per heavy atom. The molecule has 3 heteroatoms. The predicted octanol–water partition coefficient (Wildman–Crippen LogP) is 2.56. The normalized spacial score (nSPS) is 19.8. The average molecular weight is 237 g/mol. The monoisotopic (exact) mass is 236 g/mol. The van der Waals surface area contributed by atoms with Crippen molar-refractivity contribution in [3.63, 3.8) is 0 Å². The van der Waals surface area contributed by atoms with Crippen LogP contribution in [0.2, 0.25) is 0 Å². The summed E-state index contributed by atoms with van der Waals surface area (Å²) in [6.45, 7) is 0.769. The van der Waals surface area contributed by atoms with E-state index in [1.807, 2.05) is 12.1 Å². The fourth-order valence-electron chi connectivity index (χ4n) is 1.57. The number of halogens is 1. The Kier molecular flexibility index (Phi) is 2.24. The van der Waals surface area contributed by atoms with Gasteiger partial charge >= 0.3 is 0 Å². The second kappa shape index (κ2) is 3.39. The number of fused-ring (bicyclic) bond motifs is 1. The van der Waals surface area contributed by atoms with E-state index in [1.54, 1.807) is 0 Å². The van der Waals surface area contributed by atoms with Crippen molar-refractivity contribution in [2.45, 2.75) is 6.42 Å². The zero-order valence-electron chi connectivity index (χ0n) is 7.05. The van der Waals surface area contributed by atoms with Crippen LogP contribution in [0.25, 0.3) is 0 Å². The van der Waals surface area contributed by atoms with Crippen molar-refractivity contribution in [2.24, 2.45) is 5.92 Å². The van der Waals surface area contributed by atoms with Crippen LogP contribution in [0.5, 0.6) is 0 Å². The lowest BCUT2D eigenvalue weighted by atomic mass is 9.95. The molecule has 0 amide bonds. The summed E-state index contributed by atoms with van der Waals surface area (Å²) >= 11 is 3.42. The number of nitrogens with zero attached hydrogens (tertiary/aromatic N) is 1. The highest BCUT2D eigenvalue weighted by atomic mass is 79.9. The number of anilines is 1. The van der Waals surface area contributed by atoms with Crippen molar-refractivity contribution in [3.05, 3.63) is 28.2 Å². The van der Waals surface area contributed by atoms with Gasteiger partial charge in [0.25, 0.3) is 0 Å². The standard InChI is InChI=1S/C10H9BrN2/c11-9-1-2-10-8(4-9)3-7(5-12)6-13-10/h1-2,4,7,13H,3,6H2. The molecule has 0 aliphatic carbocycles. The molecule has 1 N–H and O–H groups in total. The van der Waals surface area contributed by atoms with Crippen LogP contribution in [0.15, 0.2) is 22.7 Å². The average Bonchev–Trinajstić information content (AvgIpc) is 2.16. The summed E-state index contributed by atoms with van der Waals surface area (Å²) in [6.07, 6.45) is 0.859. The quantitative estimate of drug-likeness (QED) is 0.752. The lowest BCUT2D eigenvalue weighted by molar-refractivity contribution is 0.674. The molecule has 0 spiro atoms. The third-order valence-electron chi connectivity index (χ3n) is 2.26. The Hall–Kier alpha value is -1.01. The van der Waals surface area contributed by atoms with Gasteiger partial charge in [-0.2, -0.15) is 5.26 Å². The van der Waals surface area contributed by atoms with E-state index >= 15 is 0 Å². The topological polar surface area (TPSA) is 35.8 Å². The fraction of sp³-hybridized carbons (Fsp3) is 0.300. The highest BCUT2D eigenvalue weighted by Gasteiger charge is 2.17. The van der Waals surface area contributed by atoms with Crippen molar-refractivity contribution < 1.29 is 0 Å². The van der Waals surface area contributed by atoms with E-state index in [1.165, 1.54) is 5.56 Å². The van der Waals surface area contributed by atoms with Gasteiger partial charge in [0.1, 0.15) is 0 Å². The highest BCUT2D eigenvalue weighted by molar-refractivity contribution is 9.10. The Morgan fingerprint density at radius 3 is 3.15 bits per heavy atom. The summed E-state index contributed by atoms with van der Waals surface area (Å²) in [5.74, 6) is 0.113. The minimum absolute atomic E-state index is 0.113. The summed E-state index contributed by atoms with van der Waals surface area (Å²) in [4.78, 5) is 0. The number of hydrogen-bond acceptors (Lipinski definition) is 2. The molecule has 1 aliphatic heterocycles. The smallest absolute Gasteiger partial charge is 0.0677 e. The van der Waals surface area contributed by atoms with Crippen LogP contribution < -0.4 is 5.32 Å².